The van der Waals surface area contributed by atoms with Crippen molar-refractivity contribution in [2.24, 2.45) is 0 Å². The molecule has 86 valence electrons. The molecule has 0 aliphatic carbocycles. The van der Waals surface area contributed by atoms with Crippen LogP contribution >= 0.6 is 0 Å². The summed E-state index contributed by atoms with van der Waals surface area (Å²) in [6, 6.07) is 8.70. The molecule has 0 saturated heterocycles. The normalized spacial score (nSPS) is 10.8. The summed E-state index contributed by atoms with van der Waals surface area (Å²) < 4.78 is 27.4. The molecule has 0 bridgehead atoms. The Morgan fingerprint density at radius 1 is 1.31 bits per heavy atom. The van der Waals surface area contributed by atoms with E-state index in [1.54, 1.807) is 31.2 Å². The lowest BCUT2D eigenvalue weighted by molar-refractivity contribution is 0.589. The third-order valence-electron chi connectivity index (χ3n) is 1.82. The standard InChI is InChI=1S/C10H13N3O2S/c1-2-12-16(14,15)13-10-5-3-9(4-6-10)7-8-11/h3-6,12-13H,2,7H2,1H3. The van der Waals surface area contributed by atoms with E-state index >= 15 is 0 Å². The fraction of sp³-hybridized carbons (Fsp3) is 0.300. The highest BCUT2D eigenvalue weighted by molar-refractivity contribution is 7.90. The molecule has 0 aliphatic heterocycles. The van der Waals surface area contributed by atoms with E-state index in [0.717, 1.165) is 5.56 Å². The maximum Gasteiger partial charge on any atom is 0.299 e. The van der Waals surface area contributed by atoms with Gasteiger partial charge in [0, 0.05) is 12.2 Å². The van der Waals surface area contributed by atoms with Crippen LogP contribution in [0.3, 0.4) is 0 Å². The van der Waals surface area contributed by atoms with Gasteiger partial charge in [0.1, 0.15) is 0 Å². The van der Waals surface area contributed by atoms with E-state index in [9.17, 15) is 8.42 Å². The number of nitriles is 1. The van der Waals surface area contributed by atoms with Gasteiger partial charge in [0.2, 0.25) is 0 Å². The Bertz CT molecular complexity index is 474. The molecule has 5 nitrogen and oxygen atoms in total. The smallest absolute Gasteiger partial charge is 0.271 e. The highest BCUT2D eigenvalue weighted by Gasteiger charge is 2.06. The van der Waals surface area contributed by atoms with Crippen LogP contribution in [0.1, 0.15) is 12.5 Å². The summed E-state index contributed by atoms with van der Waals surface area (Å²) in [5, 5.41) is 8.47. The second kappa shape index (κ2) is 5.49. The van der Waals surface area contributed by atoms with E-state index in [1.807, 2.05) is 6.07 Å². The molecule has 0 atom stereocenters. The van der Waals surface area contributed by atoms with Crippen molar-refractivity contribution in [3.8, 4) is 6.07 Å². The van der Waals surface area contributed by atoms with Gasteiger partial charge in [-0.15, -0.1) is 0 Å². The number of hydrogen-bond acceptors (Lipinski definition) is 3. The Labute approximate surface area is 95.3 Å². The predicted molar refractivity (Wildman–Crippen MR) is 62.0 cm³/mol. The SMILES string of the molecule is CCNS(=O)(=O)Nc1ccc(CC#N)cc1. The molecule has 0 aliphatic rings. The molecular formula is C10H13N3O2S. The lowest BCUT2D eigenvalue weighted by atomic mass is 10.1. The van der Waals surface area contributed by atoms with Crippen molar-refractivity contribution in [3.05, 3.63) is 29.8 Å². The van der Waals surface area contributed by atoms with Crippen molar-refractivity contribution < 1.29 is 8.42 Å². The van der Waals surface area contributed by atoms with Gasteiger partial charge in [-0.25, -0.2) is 0 Å². The van der Waals surface area contributed by atoms with Gasteiger partial charge in [0.25, 0.3) is 10.2 Å². The molecule has 2 N–H and O–H groups in total. The second-order valence-electron chi connectivity index (χ2n) is 3.14. The molecule has 0 unspecified atom stereocenters. The fourth-order valence-corrected chi connectivity index (χ4v) is 2.06. The predicted octanol–water partition coefficient (Wildman–Crippen LogP) is 1.02. The van der Waals surface area contributed by atoms with Crippen LogP contribution in [0.25, 0.3) is 0 Å². The van der Waals surface area contributed by atoms with Crippen LogP contribution in [-0.4, -0.2) is 15.0 Å². The fourth-order valence-electron chi connectivity index (χ4n) is 1.16. The van der Waals surface area contributed by atoms with Crippen LogP contribution in [0.5, 0.6) is 0 Å². The van der Waals surface area contributed by atoms with Crippen LogP contribution < -0.4 is 9.44 Å². The summed E-state index contributed by atoms with van der Waals surface area (Å²) in [4.78, 5) is 0. The van der Waals surface area contributed by atoms with Gasteiger partial charge in [0.15, 0.2) is 0 Å². The number of anilines is 1. The summed E-state index contributed by atoms with van der Waals surface area (Å²) in [5.41, 5.74) is 1.33. The van der Waals surface area contributed by atoms with Crippen molar-refractivity contribution in [2.45, 2.75) is 13.3 Å². The molecule has 1 aromatic rings. The van der Waals surface area contributed by atoms with E-state index in [2.05, 4.69) is 9.44 Å². The lowest BCUT2D eigenvalue weighted by Crippen LogP contribution is -2.29. The quantitative estimate of drug-likeness (QED) is 0.804. The van der Waals surface area contributed by atoms with Gasteiger partial charge in [-0.3, -0.25) is 4.72 Å². The molecule has 0 amide bonds. The van der Waals surface area contributed by atoms with Crippen LogP contribution in [0.15, 0.2) is 24.3 Å². The van der Waals surface area contributed by atoms with Crippen LogP contribution in [0.4, 0.5) is 5.69 Å². The summed E-state index contributed by atoms with van der Waals surface area (Å²) in [6.45, 7) is 2.04. The van der Waals surface area contributed by atoms with Gasteiger partial charge in [-0.1, -0.05) is 19.1 Å². The third-order valence-corrected chi connectivity index (χ3v) is 3.00. The third kappa shape index (κ3) is 3.88. The van der Waals surface area contributed by atoms with Crippen molar-refractivity contribution in [1.29, 1.82) is 5.26 Å². The van der Waals surface area contributed by atoms with Crippen LogP contribution in [0.2, 0.25) is 0 Å². The highest BCUT2D eigenvalue weighted by atomic mass is 32.2. The minimum atomic E-state index is -3.47. The Balaban J connectivity index is 2.73. The molecule has 0 radical (unpaired) electrons. The molecule has 16 heavy (non-hydrogen) atoms. The number of nitrogens with one attached hydrogen (secondary N) is 2. The van der Waals surface area contributed by atoms with Crippen LogP contribution in [-0.2, 0) is 16.6 Å². The number of hydrogen-bond donors (Lipinski definition) is 2. The first kappa shape index (κ1) is 12.5. The Kier molecular flexibility index (Phi) is 4.28. The zero-order valence-corrected chi connectivity index (χ0v) is 9.71. The van der Waals surface area contributed by atoms with Gasteiger partial charge in [-0.05, 0) is 17.7 Å². The van der Waals surface area contributed by atoms with E-state index in [4.69, 9.17) is 5.26 Å². The topological polar surface area (TPSA) is 82.0 Å². The zero-order chi connectivity index (χ0) is 12.0. The molecule has 1 aromatic carbocycles. The largest absolute Gasteiger partial charge is 0.299 e. The number of nitrogens with zero attached hydrogens (tertiary/aromatic N) is 1. The average Bonchev–Trinajstić information content (AvgIpc) is 2.21. The Morgan fingerprint density at radius 3 is 2.44 bits per heavy atom. The second-order valence-corrected chi connectivity index (χ2v) is 4.63. The van der Waals surface area contributed by atoms with Crippen molar-refractivity contribution >= 4 is 15.9 Å². The highest BCUT2D eigenvalue weighted by Crippen LogP contribution is 2.10. The van der Waals surface area contributed by atoms with E-state index in [1.165, 1.54) is 0 Å². The summed E-state index contributed by atoms with van der Waals surface area (Å²) in [6.07, 6.45) is 0.320. The van der Waals surface area contributed by atoms with Gasteiger partial charge < -0.3 is 0 Å². The molecule has 0 heterocycles. The lowest BCUT2D eigenvalue weighted by Gasteiger charge is -2.07. The number of rotatable bonds is 5. The van der Waals surface area contributed by atoms with E-state index < -0.39 is 10.2 Å². The molecule has 0 spiro atoms. The minimum absolute atomic E-state index is 0.320. The molecular weight excluding hydrogens is 226 g/mol. The van der Waals surface area contributed by atoms with Gasteiger partial charge in [-0.2, -0.15) is 18.4 Å². The van der Waals surface area contributed by atoms with E-state index in [-0.39, 0.29) is 0 Å². The average molecular weight is 239 g/mol. The molecule has 0 saturated carbocycles. The summed E-state index contributed by atoms with van der Waals surface area (Å²) in [7, 11) is -3.47. The van der Waals surface area contributed by atoms with Crippen LogP contribution in [0, 0.1) is 11.3 Å². The molecule has 0 aromatic heterocycles. The monoisotopic (exact) mass is 239 g/mol. The zero-order valence-electron chi connectivity index (χ0n) is 8.90. The van der Waals surface area contributed by atoms with E-state index in [0.29, 0.717) is 18.7 Å². The molecule has 0 fully saturated rings. The number of benzene rings is 1. The maximum atomic E-state index is 11.3. The van der Waals surface area contributed by atoms with Crippen molar-refractivity contribution in [3.63, 3.8) is 0 Å². The summed E-state index contributed by atoms with van der Waals surface area (Å²) in [5.74, 6) is 0. The maximum absolute atomic E-state index is 11.3. The molecule has 1 rings (SSSR count). The van der Waals surface area contributed by atoms with Gasteiger partial charge >= 0.3 is 0 Å². The minimum Gasteiger partial charge on any atom is -0.271 e. The Hall–Kier alpha value is -1.58. The first-order valence-electron chi connectivity index (χ1n) is 4.80. The summed E-state index contributed by atoms with van der Waals surface area (Å²) >= 11 is 0. The van der Waals surface area contributed by atoms with Crippen molar-refractivity contribution in [2.75, 3.05) is 11.3 Å². The Morgan fingerprint density at radius 2 is 1.94 bits per heavy atom. The first-order valence-corrected chi connectivity index (χ1v) is 6.29. The molecule has 6 heteroatoms. The van der Waals surface area contributed by atoms with Crippen molar-refractivity contribution in [1.82, 2.24) is 4.72 Å². The van der Waals surface area contributed by atoms with Gasteiger partial charge in [0.05, 0.1) is 12.5 Å². The first-order chi connectivity index (χ1) is 7.57.